The zero-order valence-electron chi connectivity index (χ0n) is 58.6. The van der Waals surface area contributed by atoms with Crippen LogP contribution in [0.1, 0.15) is 450 Å². The minimum absolute atomic E-state index is 0.0144. The molecule has 0 aromatic heterocycles. The van der Waals surface area contributed by atoms with Crippen molar-refractivity contribution in [3.8, 4) is 0 Å². The number of esters is 1. The van der Waals surface area contributed by atoms with Crippen LogP contribution in [0.4, 0.5) is 0 Å². The zero-order chi connectivity index (χ0) is 62.0. The number of aliphatic hydroxyl groups excluding tert-OH is 2. The molecule has 0 aromatic rings. The minimum atomic E-state index is -0.668. The SMILES string of the molecule is CCCCCCCC/C=C\CCCCCCCCCCCC(=O)OCCCCCCCCCCCCCC/C=C\CCCCCCCCCCCC(=O)NC(CO)C(O)CCCCCCCCCCCCCCCCCCCCCCCCCCC. The molecule has 2 atom stereocenters. The Kier molecular flexibility index (Phi) is 74.3. The standard InChI is InChI=1S/C80H155NO5/c1-3-5-7-9-11-13-15-17-19-21-23-24-25-27-30-33-37-40-44-48-52-56-60-64-68-72-78(83)77(76-82)81-79(84)73-69-65-61-57-53-49-45-41-38-34-31-28-26-29-32-35-39-43-47-51-55-59-63-67-71-75-86-80(85)74-70-66-62-58-54-50-46-42-36-22-20-18-16-14-12-10-8-6-4-2/h18,20,28,31,77-78,82-83H,3-17,19,21-27,29-30,32-76H2,1-2H3,(H,81,84)/b20-18-,31-28-. The van der Waals surface area contributed by atoms with Crippen LogP contribution in [0.2, 0.25) is 0 Å². The molecular formula is C80H155NO5. The minimum Gasteiger partial charge on any atom is -0.466 e. The molecule has 0 rings (SSSR count). The van der Waals surface area contributed by atoms with Gasteiger partial charge in [-0.2, -0.15) is 0 Å². The van der Waals surface area contributed by atoms with Gasteiger partial charge < -0.3 is 20.3 Å². The summed E-state index contributed by atoms with van der Waals surface area (Å²) in [6.07, 6.45) is 96.9. The van der Waals surface area contributed by atoms with Crippen LogP contribution < -0.4 is 5.32 Å². The van der Waals surface area contributed by atoms with Gasteiger partial charge in [0, 0.05) is 12.8 Å². The van der Waals surface area contributed by atoms with Gasteiger partial charge in [0.25, 0.3) is 0 Å². The smallest absolute Gasteiger partial charge is 0.305 e. The number of allylic oxidation sites excluding steroid dienone is 4. The van der Waals surface area contributed by atoms with Crippen molar-refractivity contribution in [1.82, 2.24) is 5.32 Å². The van der Waals surface area contributed by atoms with Crippen molar-refractivity contribution in [3.05, 3.63) is 24.3 Å². The van der Waals surface area contributed by atoms with Crippen LogP contribution in [0.15, 0.2) is 24.3 Å². The topological polar surface area (TPSA) is 95.9 Å². The molecule has 2 unspecified atom stereocenters. The number of carbonyl (C=O) groups excluding carboxylic acids is 2. The summed E-state index contributed by atoms with van der Waals surface area (Å²) in [6.45, 7) is 5.00. The van der Waals surface area contributed by atoms with Gasteiger partial charge in [0.2, 0.25) is 5.91 Å². The van der Waals surface area contributed by atoms with E-state index in [1.54, 1.807) is 0 Å². The van der Waals surface area contributed by atoms with E-state index in [0.717, 1.165) is 44.9 Å². The number of carbonyl (C=O) groups is 2. The van der Waals surface area contributed by atoms with Crippen LogP contribution >= 0.6 is 0 Å². The Balaban J connectivity index is 3.38. The fourth-order valence-electron chi connectivity index (χ4n) is 12.7. The Morgan fingerprint density at radius 1 is 0.314 bits per heavy atom. The van der Waals surface area contributed by atoms with Gasteiger partial charge in [0.1, 0.15) is 0 Å². The number of unbranched alkanes of at least 4 members (excludes halogenated alkanes) is 60. The first-order valence-corrected chi connectivity index (χ1v) is 39.6. The third-order valence-electron chi connectivity index (χ3n) is 18.7. The summed E-state index contributed by atoms with van der Waals surface area (Å²) in [4.78, 5) is 24.7. The Labute approximate surface area is 539 Å². The van der Waals surface area contributed by atoms with Gasteiger partial charge >= 0.3 is 5.97 Å². The van der Waals surface area contributed by atoms with Crippen LogP contribution in [-0.2, 0) is 14.3 Å². The summed E-state index contributed by atoms with van der Waals surface area (Å²) in [5.74, 6) is -0.0180. The van der Waals surface area contributed by atoms with Gasteiger partial charge in [-0.25, -0.2) is 0 Å². The predicted molar refractivity (Wildman–Crippen MR) is 380 cm³/mol. The Bertz CT molecular complexity index is 1350. The normalized spacial score (nSPS) is 12.6. The number of rotatable bonds is 75. The van der Waals surface area contributed by atoms with Gasteiger partial charge in [-0.3, -0.25) is 9.59 Å². The number of ether oxygens (including phenoxy) is 1. The molecule has 0 bridgehead atoms. The van der Waals surface area contributed by atoms with Gasteiger partial charge in [-0.05, 0) is 77.0 Å². The monoisotopic (exact) mass is 1210 g/mol. The highest BCUT2D eigenvalue weighted by molar-refractivity contribution is 5.76. The highest BCUT2D eigenvalue weighted by Crippen LogP contribution is 2.20. The predicted octanol–water partition coefficient (Wildman–Crippen LogP) is 26.0. The summed E-state index contributed by atoms with van der Waals surface area (Å²) in [5.41, 5.74) is 0. The molecule has 0 fully saturated rings. The molecule has 0 aliphatic carbocycles. The van der Waals surface area contributed by atoms with Crippen molar-refractivity contribution >= 4 is 11.9 Å². The lowest BCUT2D eigenvalue weighted by Gasteiger charge is -2.22. The highest BCUT2D eigenvalue weighted by atomic mass is 16.5. The number of aliphatic hydroxyl groups is 2. The number of hydrogen-bond acceptors (Lipinski definition) is 5. The molecule has 0 heterocycles. The first-order chi connectivity index (χ1) is 42.5. The first-order valence-electron chi connectivity index (χ1n) is 39.6. The van der Waals surface area contributed by atoms with E-state index in [9.17, 15) is 19.8 Å². The van der Waals surface area contributed by atoms with Crippen LogP contribution in [0.5, 0.6) is 0 Å². The van der Waals surface area contributed by atoms with E-state index in [-0.39, 0.29) is 18.5 Å². The molecule has 0 aliphatic rings. The molecule has 0 radical (unpaired) electrons. The molecular weight excluding hydrogens is 1050 g/mol. The largest absolute Gasteiger partial charge is 0.466 e. The lowest BCUT2D eigenvalue weighted by atomic mass is 10.0. The third-order valence-corrected chi connectivity index (χ3v) is 18.7. The van der Waals surface area contributed by atoms with Gasteiger partial charge in [-0.15, -0.1) is 0 Å². The Hall–Kier alpha value is -1.66. The summed E-state index contributed by atoms with van der Waals surface area (Å²) in [6, 6.07) is -0.546. The summed E-state index contributed by atoms with van der Waals surface area (Å²) in [5, 5.41) is 23.5. The van der Waals surface area contributed by atoms with Gasteiger partial charge in [-0.1, -0.05) is 385 Å². The van der Waals surface area contributed by atoms with E-state index in [0.29, 0.717) is 25.9 Å². The van der Waals surface area contributed by atoms with Crippen LogP contribution in [0.3, 0.4) is 0 Å². The Morgan fingerprint density at radius 3 is 0.826 bits per heavy atom. The molecule has 0 saturated heterocycles. The van der Waals surface area contributed by atoms with Crippen LogP contribution in [-0.4, -0.2) is 47.4 Å². The average molecular weight is 1210 g/mol. The highest BCUT2D eigenvalue weighted by Gasteiger charge is 2.20. The van der Waals surface area contributed by atoms with E-state index in [4.69, 9.17) is 4.74 Å². The number of amides is 1. The fourth-order valence-corrected chi connectivity index (χ4v) is 12.7. The molecule has 0 aromatic carbocycles. The second-order valence-electron chi connectivity index (χ2n) is 27.4. The molecule has 3 N–H and O–H groups in total. The van der Waals surface area contributed by atoms with E-state index < -0.39 is 12.1 Å². The van der Waals surface area contributed by atoms with Gasteiger partial charge in [0.15, 0.2) is 0 Å². The molecule has 510 valence electrons. The van der Waals surface area contributed by atoms with E-state index >= 15 is 0 Å². The zero-order valence-corrected chi connectivity index (χ0v) is 58.6. The van der Waals surface area contributed by atoms with Crippen molar-refractivity contribution in [3.63, 3.8) is 0 Å². The molecule has 86 heavy (non-hydrogen) atoms. The maximum absolute atomic E-state index is 12.6. The van der Waals surface area contributed by atoms with Crippen molar-refractivity contribution in [1.29, 1.82) is 0 Å². The van der Waals surface area contributed by atoms with Crippen molar-refractivity contribution in [2.24, 2.45) is 0 Å². The first kappa shape index (κ1) is 84.3. The molecule has 6 nitrogen and oxygen atoms in total. The molecule has 0 saturated carbocycles. The lowest BCUT2D eigenvalue weighted by molar-refractivity contribution is -0.143. The third kappa shape index (κ3) is 71.4. The average Bonchev–Trinajstić information content (AvgIpc) is 3.53. The summed E-state index contributed by atoms with van der Waals surface area (Å²) >= 11 is 0. The van der Waals surface area contributed by atoms with E-state index in [2.05, 4.69) is 43.5 Å². The molecule has 6 heteroatoms. The lowest BCUT2D eigenvalue weighted by Crippen LogP contribution is -2.45. The van der Waals surface area contributed by atoms with Crippen LogP contribution in [0.25, 0.3) is 0 Å². The summed E-state index contributed by atoms with van der Waals surface area (Å²) in [7, 11) is 0. The van der Waals surface area contributed by atoms with Gasteiger partial charge in [0.05, 0.1) is 25.4 Å². The molecule has 0 spiro atoms. The van der Waals surface area contributed by atoms with E-state index in [1.165, 1.54) is 372 Å². The maximum atomic E-state index is 12.6. The number of nitrogens with one attached hydrogen (secondary N) is 1. The molecule has 0 aliphatic heterocycles. The second-order valence-corrected chi connectivity index (χ2v) is 27.4. The fraction of sp³-hybridized carbons (Fsp3) is 0.925. The van der Waals surface area contributed by atoms with Crippen molar-refractivity contribution in [2.45, 2.75) is 463 Å². The number of hydrogen-bond donors (Lipinski definition) is 3. The maximum Gasteiger partial charge on any atom is 0.305 e. The molecule has 1 amide bonds. The summed E-state index contributed by atoms with van der Waals surface area (Å²) < 4.78 is 5.51. The van der Waals surface area contributed by atoms with Crippen molar-refractivity contribution in [2.75, 3.05) is 13.2 Å². The van der Waals surface area contributed by atoms with Crippen LogP contribution in [0, 0.1) is 0 Å². The second kappa shape index (κ2) is 75.8. The Morgan fingerprint density at radius 2 is 0.547 bits per heavy atom. The van der Waals surface area contributed by atoms with Crippen molar-refractivity contribution < 1.29 is 24.5 Å². The quantitative estimate of drug-likeness (QED) is 0.0320. The van der Waals surface area contributed by atoms with E-state index in [1.807, 2.05) is 0 Å².